The average molecular weight is 371 g/mol. The molecule has 0 bridgehead atoms. The van der Waals surface area contributed by atoms with E-state index in [2.05, 4.69) is 14.9 Å². The fraction of sp³-hybridized carbons (Fsp3) is 0.278. The largest absolute Gasteiger partial charge is 0.383 e. The minimum absolute atomic E-state index is 0.141. The summed E-state index contributed by atoms with van der Waals surface area (Å²) in [4.78, 5) is 22.1. The van der Waals surface area contributed by atoms with Gasteiger partial charge in [-0.1, -0.05) is 11.6 Å². The number of fused-ring (bicyclic) bond motifs is 1. The Labute approximate surface area is 155 Å². The van der Waals surface area contributed by atoms with Gasteiger partial charge in [-0.3, -0.25) is 9.78 Å². The second-order valence-electron chi connectivity index (χ2n) is 6.46. The predicted octanol–water partition coefficient (Wildman–Crippen LogP) is 2.61. The molecule has 1 aliphatic heterocycles. The molecule has 1 aromatic carbocycles. The van der Waals surface area contributed by atoms with Gasteiger partial charge in [0.2, 0.25) is 0 Å². The lowest BCUT2D eigenvalue weighted by atomic mass is 10.0. The average Bonchev–Trinajstić information content (AvgIpc) is 3.03. The van der Waals surface area contributed by atoms with Crippen LogP contribution in [0.1, 0.15) is 29.4 Å². The summed E-state index contributed by atoms with van der Waals surface area (Å²) < 4.78 is 1.86. The van der Waals surface area contributed by atoms with Crippen LogP contribution >= 0.6 is 11.6 Å². The summed E-state index contributed by atoms with van der Waals surface area (Å²) in [5.41, 5.74) is 13.5. The Balaban J connectivity index is 1.56. The molecule has 4 rings (SSSR count). The van der Waals surface area contributed by atoms with Gasteiger partial charge in [0.1, 0.15) is 5.82 Å². The normalized spacial score (nSPS) is 15.5. The number of carbonyl (C=O) groups is 1. The highest BCUT2D eigenvalue weighted by Crippen LogP contribution is 2.33. The van der Waals surface area contributed by atoms with E-state index in [0.717, 1.165) is 42.5 Å². The summed E-state index contributed by atoms with van der Waals surface area (Å²) in [7, 11) is 0. The first-order chi connectivity index (χ1) is 12.5. The Bertz CT molecular complexity index is 977. The summed E-state index contributed by atoms with van der Waals surface area (Å²) in [5.74, 6) is -0.254. The lowest BCUT2D eigenvalue weighted by Gasteiger charge is -2.35. The number of nitrogen functional groups attached to an aromatic ring is 1. The monoisotopic (exact) mass is 370 g/mol. The Morgan fingerprint density at radius 3 is 2.65 bits per heavy atom. The first kappa shape index (κ1) is 16.7. The number of benzene rings is 1. The van der Waals surface area contributed by atoms with Crippen molar-refractivity contribution in [3.05, 3.63) is 47.5 Å². The molecule has 0 atom stereocenters. The van der Waals surface area contributed by atoms with Gasteiger partial charge in [-0.2, -0.15) is 0 Å². The number of nitrogens with two attached hydrogens (primary N) is 2. The third kappa shape index (κ3) is 2.84. The molecule has 1 amide bonds. The Morgan fingerprint density at radius 1 is 1.19 bits per heavy atom. The number of piperidine rings is 1. The van der Waals surface area contributed by atoms with Crippen molar-refractivity contribution < 1.29 is 4.79 Å². The number of carbonyl (C=O) groups excluding carboxylic acids is 1. The van der Waals surface area contributed by atoms with Gasteiger partial charge in [-0.25, -0.2) is 4.98 Å². The molecule has 0 saturated carbocycles. The second kappa shape index (κ2) is 6.49. The third-order valence-corrected chi connectivity index (χ3v) is 5.18. The van der Waals surface area contributed by atoms with Crippen molar-refractivity contribution in [1.29, 1.82) is 0 Å². The summed E-state index contributed by atoms with van der Waals surface area (Å²) in [6.45, 7) is 1.72. The highest BCUT2D eigenvalue weighted by Gasteiger charge is 2.25. The van der Waals surface area contributed by atoms with Crippen LogP contribution in [0.5, 0.6) is 0 Å². The van der Waals surface area contributed by atoms with Crippen LogP contribution in [-0.4, -0.2) is 33.5 Å². The van der Waals surface area contributed by atoms with Gasteiger partial charge in [0.05, 0.1) is 11.8 Å². The van der Waals surface area contributed by atoms with Crippen molar-refractivity contribution in [3.8, 4) is 0 Å². The van der Waals surface area contributed by atoms with E-state index in [1.165, 1.54) is 0 Å². The maximum Gasteiger partial charge on any atom is 0.271 e. The molecule has 1 saturated heterocycles. The predicted molar refractivity (Wildman–Crippen MR) is 102 cm³/mol. The second-order valence-corrected chi connectivity index (χ2v) is 6.90. The molecule has 0 radical (unpaired) electrons. The molecule has 26 heavy (non-hydrogen) atoms. The molecule has 134 valence electrons. The van der Waals surface area contributed by atoms with E-state index >= 15 is 0 Å². The summed E-state index contributed by atoms with van der Waals surface area (Å²) in [6.07, 6.45) is 5.22. The molecule has 3 aromatic rings. The van der Waals surface area contributed by atoms with E-state index in [-0.39, 0.29) is 11.7 Å². The number of amides is 1. The van der Waals surface area contributed by atoms with Crippen molar-refractivity contribution in [2.45, 2.75) is 18.9 Å². The fourth-order valence-electron chi connectivity index (χ4n) is 3.62. The molecule has 2 aromatic heterocycles. The van der Waals surface area contributed by atoms with Crippen molar-refractivity contribution in [2.24, 2.45) is 5.73 Å². The molecule has 3 heterocycles. The highest BCUT2D eigenvalue weighted by atomic mass is 35.5. The van der Waals surface area contributed by atoms with Crippen LogP contribution < -0.4 is 16.4 Å². The number of imidazole rings is 1. The number of halogens is 1. The minimum Gasteiger partial charge on any atom is -0.383 e. The molecule has 8 heteroatoms. The van der Waals surface area contributed by atoms with Crippen LogP contribution in [0.25, 0.3) is 10.9 Å². The molecule has 0 aliphatic carbocycles. The molecule has 0 unspecified atom stereocenters. The number of aromatic nitrogens is 3. The summed E-state index contributed by atoms with van der Waals surface area (Å²) in [5, 5.41) is 1.75. The first-order valence-corrected chi connectivity index (χ1v) is 8.83. The number of anilines is 2. The third-order valence-electron chi connectivity index (χ3n) is 4.94. The van der Waals surface area contributed by atoms with Crippen molar-refractivity contribution >= 4 is 39.9 Å². The van der Waals surface area contributed by atoms with Crippen LogP contribution in [0.15, 0.2) is 36.8 Å². The Morgan fingerprint density at radius 2 is 1.96 bits per heavy atom. The zero-order chi connectivity index (χ0) is 18.3. The van der Waals surface area contributed by atoms with E-state index in [9.17, 15) is 4.79 Å². The van der Waals surface area contributed by atoms with E-state index in [0.29, 0.717) is 10.8 Å². The van der Waals surface area contributed by atoms with Gasteiger partial charge in [0.25, 0.3) is 5.91 Å². The first-order valence-electron chi connectivity index (χ1n) is 8.46. The molecule has 1 aliphatic rings. The molecule has 1 fully saturated rings. The van der Waals surface area contributed by atoms with Gasteiger partial charge >= 0.3 is 0 Å². The van der Waals surface area contributed by atoms with Gasteiger partial charge in [0.15, 0.2) is 5.69 Å². The van der Waals surface area contributed by atoms with Gasteiger partial charge in [0, 0.05) is 41.4 Å². The number of primary amides is 1. The SMILES string of the molecule is NC(=O)c1ncn(C2CCN(c3ccnc4ccc(Cl)cc34)CC2)c1N. The maximum atomic E-state index is 11.3. The minimum atomic E-state index is -0.598. The van der Waals surface area contributed by atoms with Crippen molar-refractivity contribution in [2.75, 3.05) is 23.7 Å². The van der Waals surface area contributed by atoms with E-state index in [1.807, 2.05) is 35.0 Å². The van der Waals surface area contributed by atoms with E-state index < -0.39 is 5.91 Å². The molecule has 4 N–H and O–H groups in total. The standard InChI is InChI=1S/C18H19ClN6O/c19-11-1-2-14-13(9-11)15(3-6-22-14)24-7-4-12(5-8-24)25-10-23-16(17(25)20)18(21)26/h1-3,6,9-10,12H,4-5,7-8,20H2,(H2,21,26). The van der Waals surface area contributed by atoms with Gasteiger partial charge in [-0.15, -0.1) is 0 Å². The van der Waals surface area contributed by atoms with Crippen LogP contribution in [-0.2, 0) is 0 Å². The molecule has 7 nitrogen and oxygen atoms in total. The lowest BCUT2D eigenvalue weighted by molar-refractivity contribution is 0.0997. The zero-order valence-electron chi connectivity index (χ0n) is 14.1. The number of nitrogens with zero attached hydrogens (tertiary/aromatic N) is 4. The number of hydrogen-bond acceptors (Lipinski definition) is 5. The fourth-order valence-corrected chi connectivity index (χ4v) is 3.79. The lowest BCUT2D eigenvalue weighted by Crippen LogP contribution is -2.35. The Kier molecular flexibility index (Phi) is 4.16. The Hall–Kier alpha value is -2.80. The molecular formula is C18H19ClN6O. The number of rotatable bonds is 3. The van der Waals surface area contributed by atoms with Crippen LogP contribution in [0.4, 0.5) is 11.5 Å². The summed E-state index contributed by atoms with van der Waals surface area (Å²) >= 11 is 6.17. The van der Waals surface area contributed by atoms with Crippen molar-refractivity contribution in [3.63, 3.8) is 0 Å². The number of pyridine rings is 1. The highest BCUT2D eigenvalue weighted by molar-refractivity contribution is 6.31. The smallest absolute Gasteiger partial charge is 0.271 e. The topological polar surface area (TPSA) is 103 Å². The van der Waals surface area contributed by atoms with Crippen LogP contribution in [0, 0.1) is 0 Å². The molecule has 0 spiro atoms. The van der Waals surface area contributed by atoms with Gasteiger partial charge in [-0.05, 0) is 37.1 Å². The van der Waals surface area contributed by atoms with Gasteiger partial charge < -0.3 is 20.9 Å². The van der Waals surface area contributed by atoms with Crippen LogP contribution in [0.2, 0.25) is 5.02 Å². The van der Waals surface area contributed by atoms with Crippen molar-refractivity contribution in [1.82, 2.24) is 14.5 Å². The summed E-state index contributed by atoms with van der Waals surface area (Å²) in [6, 6.07) is 7.97. The van der Waals surface area contributed by atoms with E-state index in [4.69, 9.17) is 23.1 Å². The maximum absolute atomic E-state index is 11.3. The zero-order valence-corrected chi connectivity index (χ0v) is 14.9. The molecular weight excluding hydrogens is 352 g/mol. The quantitative estimate of drug-likeness (QED) is 0.737. The van der Waals surface area contributed by atoms with Crippen LogP contribution in [0.3, 0.4) is 0 Å². The number of hydrogen-bond donors (Lipinski definition) is 2. The van der Waals surface area contributed by atoms with E-state index in [1.54, 1.807) is 6.33 Å².